The van der Waals surface area contributed by atoms with E-state index in [2.05, 4.69) is 15.9 Å². The van der Waals surface area contributed by atoms with Crippen LogP contribution in [0.1, 0.15) is 23.7 Å². The van der Waals surface area contributed by atoms with E-state index in [0.717, 1.165) is 11.0 Å². The Kier molecular flexibility index (Phi) is 4.84. The zero-order valence-electron chi connectivity index (χ0n) is 9.98. The number of carbonyl (C=O) groups excluding carboxylic acids is 1. The van der Waals surface area contributed by atoms with Gasteiger partial charge in [0.1, 0.15) is 11.9 Å². The number of benzene rings is 1. The van der Waals surface area contributed by atoms with Crippen molar-refractivity contribution in [3.05, 3.63) is 34.1 Å². The third-order valence-electron chi connectivity index (χ3n) is 2.62. The van der Waals surface area contributed by atoms with Crippen molar-refractivity contribution in [2.75, 3.05) is 7.05 Å². The van der Waals surface area contributed by atoms with Crippen molar-refractivity contribution in [3.63, 3.8) is 0 Å². The highest BCUT2D eigenvalue weighted by atomic mass is 79.9. The van der Waals surface area contributed by atoms with E-state index in [1.807, 2.05) is 0 Å². The summed E-state index contributed by atoms with van der Waals surface area (Å²) >= 11 is 3.14. The van der Waals surface area contributed by atoms with E-state index in [-0.39, 0.29) is 12.0 Å². The van der Waals surface area contributed by atoms with Gasteiger partial charge in [0.2, 0.25) is 0 Å². The van der Waals surface area contributed by atoms with Crippen LogP contribution in [0.5, 0.6) is 0 Å². The highest BCUT2D eigenvalue weighted by Gasteiger charge is 2.27. The minimum absolute atomic E-state index is 0.147. The van der Waals surface area contributed by atoms with Gasteiger partial charge < -0.3 is 10.0 Å². The molecule has 0 aliphatic heterocycles. The van der Waals surface area contributed by atoms with Crippen LogP contribution in [0.25, 0.3) is 0 Å². The quantitative estimate of drug-likeness (QED) is 0.928. The standard InChI is InChI=1S/C12H13BrFNO3/c1-3-10(12(17)18)15(2)11(16)8-6-7(13)4-5-9(8)14/h4-6,10H,3H2,1-2H3,(H,17,18). The molecule has 0 saturated heterocycles. The number of nitrogens with zero attached hydrogens (tertiary/aromatic N) is 1. The third kappa shape index (κ3) is 3.07. The molecule has 1 rings (SSSR count). The van der Waals surface area contributed by atoms with Crippen LogP contribution in [-0.4, -0.2) is 35.0 Å². The smallest absolute Gasteiger partial charge is 0.326 e. The number of halogens is 2. The molecule has 0 bridgehead atoms. The van der Waals surface area contributed by atoms with E-state index in [1.165, 1.54) is 19.2 Å². The van der Waals surface area contributed by atoms with Crippen molar-refractivity contribution in [2.24, 2.45) is 0 Å². The lowest BCUT2D eigenvalue weighted by molar-refractivity contribution is -0.142. The normalized spacial score (nSPS) is 12.0. The van der Waals surface area contributed by atoms with E-state index in [1.54, 1.807) is 6.92 Å². The van der Waals surface area contributed by atoms with E-state index in [0.29, 0.717) is 4.47 Å². The maximum absolute atomic E-state index is 13.5. The second-order valence-electron chi connectivity index (χ2n) is 3.80. The fraction of sp³-hybridized carbons (Fsp3) is 0.333. The first-order valence-corrected chi connectivity index (χ1v) is 6.12. The van der Waals surface area contributed by atoms with Gasteiger partial charge in [-0.25, -0.2) is 9.18 Å². The Morgan fingerprint density at radius 2 is 2.11 bits per heavy atom. The Bertz CT molecular complexity index is 478. The number of hydrogen-bond donors (Lipinski definition) is 1. The first-order valence-electron chi connectivity index (χ1n) is 5.33. The van der Waals surface area contributed by atoms with Crippen LogP contribution < -0.4 is 0 Å². The number of likely N-dealkylation sites (N-methyl/N-ethyl adjacent to an activating group) is 1. The molecule has 0 saturated carbocycles. The van der Waals surface area contributed by atoms with Gasteiger partial charge in [0, 0.05) is 11.5 Å². The molecule has 0 radical (unpaired) electrons. The molecule has 0 fully saturated rings. The monoisotopic (exact) mass is 317 g/mol. The molecular weight excluding hydrogens is 305 g/mol. The molecule has 0 spiro atoms. The fourth-order valence-corrected chi connectivity index (χ4v) is 1.97. The lowest BCUT2D eigenvalue weighted by Crippen LogP contribution is -2.42. The minimum atomic E-state index is -1.11. The lowest BCUT2D eigenvalue weighted by atomic mass is 10.1. The largest absolute Gasteiger partial charge is 0.480 e. The molecule has 1 N–H and O–H groups in total. The highest BCUT2D eigenvalue weighted by Crippen LogP contribution is 2.18. The summed E-state index contributed by atoms with van der Waals surface area (Å²) in [6.45, 7) is 1.65. The Morgan fingerprint density at radius 3 is 2.61 bits per heavy atom. The van der Waals surface area contributed by atoms with Crippen molar-refractivity contribution in [1.82, 2.24) is 4.90 Å². The molecule has 4 nitrogen and oxygen atoms in total. The van der Waals surface area contributed by atoms with E-state index < -0.39 is 23.7 Å². The van der Waals surface area contributed by atoms with Gasteiger partial charge in [-0.05, 0) is 24.6 Å². The molecule has 0 aromatic heterocycles. The molecule has 18 heavy (non-hydrogen) atoms. The summed E-state index contributed by atoms with van der Waals surface area (Å²) in [5, 5.41) is 8.97. The summed E-state index contributed by atoms with van der Waals surface area (Å²) in [7, 11) is 1.35. The fourth-order valence-electron chi connectivity index (χ4n) is 1.61. The molecule has 98 valence electrons. The van der Waals surface area contributed by atoms with Crippen LogP contribution in [0.3, 0.4) is 0 Å². The Hall–Kier alpha value is -1.43. The van der Waals surface area contributed by atoms with E-state index >= 15 is 0 Å². The number of aliphatic carboxylic acids is 1. The molecule has 0 aliphatic rings. The maximum Gasteiger partial charge on any atom is 0.326 e. The number of rotatable bonds is 4. The number of amides is 1. The SMILES string of the molecule is CCC(C(=O)O)N(C)C(=O)c1cc(Br)ccc1F. The van der Waals surface area contributed by atoms with E-state index in [4.69, 9.17) is 5.11 Å². The van der Waals surface area contributed by atoms with Gasteiger partial charge in [-0.3, -0.25) is 4.79 Å². The molecule has 6 heteroatoms. The molecule has 1 atom stereocenters. The molecule has 1 aromatic carbocycles. The Morgan fingerprint density at radius 1 is 1.50 bits per heavy atom. The molecule has 1 amide bonds. The molecular formula is C12H13BrFNO3. The minimum Gasteiger partial charge on any atom is -0.480 e. The number of carboxylic acids is 1. The van der Waals surface area contributed by atoms with Gasteiger partial charge in [-0.15, -0.1) is 0 Å². The van der Waals surface area contributed by atoms with Gasteiger partial charge >= 0.3 is 5.97 Å². The third-order valence-corrected chi connectivity index (χ3v) is 3.11. The summed E-state index contributed by atoms with van der Waals surface area (Å²) in [6.07, 6.45) is 0.257. The zero-order valence-corrected chi connectivity index (χ0v) is 11.6. The predicted molar refractivity (Wildman–Crippen MR) is 67.9 cm³/mol. The average molecular weight is 318 g/mol. The van der Waals surface area contributed by atoms with Crippen LogP contribution in [0.2, 0.25) is 0 Å². The molecule has 1 unspecified atom stereocenters. The topological polar surface area (TPSA) is 57.6 Å². The highest BCUT2D eigenvalue weighted by molar-refractivity contribution is 9.10. The van der Waals surface area contributed by atoms with Crippen molar-refractivity contribution in [1.29, 1.82) is 0 Å². The summed E-state index contributed by atoms with van der Waals surface area (Å²) in [6, 6.07) is 3.01. The van der Waals surface area contributed by atoms with Crippen LogP contribution in [0.4, 0.5) is 4.39 Å². The second kappa shape index (κ2) is 5.95. The second-order valence-corrected chi connectivity index (χ2v) is 4.72. The van der Waals surface area contributed by atoms with Gasteiger partial charge in [-0.2, -0.15) is 0 Å². The van der Waals surface area contributed by atoms with Gasteiger partial charge in [0.05, 0.1) is 5.56 Å². The summed E-state index contributed by atoms with van der Waals surface area (Å²) in [5.41, 5.74) is -0.147. The van der Waals surface area contributed by atoms with Gasteiger partial charge in [-0.1, -0.05) is 22.9 Å². The zero-order chi connectivity index (χ0) is 13.9. The number of carbonyl (C=O) groups is 2. The molecule has 1 aromatic rings. The van der Waals surface area contributed by atoms with Crippen LogP contribution in [0.15, 0.2) is 22.7 Å². The van der Waals surface area contributed by atoms with Crippen molar-refractivity contribution in [2.45, 2.75) is 19.4 Å². The summed E-state index contributed by atoms with van der Waals surface area (Å²) in [4.78, 5) is 24.0. The van der Waals surface area contributed by atoms with Crippen molar-refractivity contribution < 1.29 is 19.1 Å². The first kappa shape index (κ1) is 14.6. The first-order chi connectivity index (χ1) is 8.38. The lowest BCUT2D eigenvalue weighted by Gasteiger charge is -2.24. The van der Waals surface area contributed by atoms with Crippen LogP contribution >= 0.6 is 15.9 Å². The number of hydrogen-bond acceptors (Lipinski definition) is 2. The van der Waals surface area contributed by atoms with Crippen molar-refractivity contribution >= 4 is 27.8 Å². The maximum atomic E-state index is 13.5. The Labute approximate surface area is 113 Å². The number of carboxylic acid groups (broad SMARTS) is 1. The summed E-state index contributed by atoms with van der Waals surface area (Å²) < 4.78 is 14.1. The van der Waals surface area contributed by atoms with Crippen molar-refractivity contribution in [3.8, 4) is 0 Å². The van der Waals surface area contributed by atoms with Gasteiger partial charge in [0.15, 0.2) is 0 Å². The van der Waals surface area contributed by atoms with E-state index in [9.17, 15) is 14.0 Å². The Balaban J connectivity index is 3.06. The van der Waals surface area contributed by atoms with Crippen LogP contribution in [-0.2, 0) is 4.79 Å². The molecule has 0 heterocycles. The molecule has 0 aliphatic carbocycles. The average Bonchev–Trinajstić information content (AvgIpc) is 2.31. The predicted octanol–water partition coefficient (Wildman–Crippen LogP) is 2.52. The summed E-state index contributed by atoms with van der Waals surface area (Å²) in [5.74, 6) is -2.43. The van der Waals surface area contributed by atoms with Crippen LogP contribution in [0, 0.1) is 5.82 Å². The van der Waals surface area contributed by atoms with Gasteiger partial charge in [0.25, 0.3) is 5.91 Å².